The summed E-state index contributed by atoms with van der Waals surface area (Å²) in [5, 5.41) is 1.09. The first-order chi connectivity index (χ1) is 17.3. The van der Waals surface area contributed by atoms with Gasteiger partial charge >= 0.3 is 5.97 Å². The van der Waals surface area contributed by atoms with Gasteiger partial charge in [-0.25, -0.2) is 9.79 Å². The van der Waals surface area contributed by atoms with E-state index < -0.39 is 12.0 Å². The third-order valence-electron chi connectivity index (χ3n) is 6.67. The molecule has 0 spiro atoms. The lowest BCUT2D eigenvalue weighted by molar-refractivity contribution is -0.139. The normalized spacial score (nSPS) is 15.8. The minimum atomic E-state index is -0.605. The van der Waals surface area contributed by atoms with Crippen LogP contribution in [0.3, 0.4) is 0 Å². The molecule has 2 aromatic heterocycles. The van der Waals surface area contributed by atoms with Crippen molar-refractivity contribution >= 4 is 46.0 Å². The summed E-state index contributed by atoms with van der Waals surface area (Å²) in [6.45, 7) is 5.89. The van der Waals surface area contributed by atoms with Crippen LogP contribution < -0.4 is 14.9 Å². The molecule has 0 radical (unpaired) electrons. The minimum absolute atomic E-state index is 0.167. The Hall–Kier alpha value is -3.36. The predicted molar refractivity (Wildman–Crippen MR) is 146 cm³/mol. The van der Waals surface area contributed by atoms with Gasteiger partial charge in [0.05, 0.1) is 28.5 Å². The molecule has 0 aliphatic carbocycles. The molecular weight excluding hydrogens is 490 g/mol. The van der Waals surface area contributed by atoms with Crippen LogP contribution in [0.2, 0.25) is 0 Å². The van der Waals surface area contributed by atoms with Crippen molar-refractivity contribution in [1.82, 2.24) is 9.13 Å². The molecule has 0 amide bonds. The van der Waals surface area contributed by atoms with Crippen molar-refractivity contribution in [3.8, 4) is 0 Å². The van der Waals surface area contributed by atoms with E-state index in [0.717, 1.165) is 32.6 Å². The smallest absolute Gasteiger partial charge is 0.338 e. The second-order valence-corrected chi connectivity index (χ2v) is 10.5. The summed E-state index contributed by atoms with van der Waals surface area (Å²) < 4.78 is 9.75. The molecule has 0 unspecified atom stereocenters. The van der Waals surface area contributed by atoms with Crippen LogP contribution in [0, 0.1) is 6.92 Å². The van der Waals surface area contributed by atoms with Gasteiger partial charge in [0.1, 0.15) is 0 Å². The van der Waals surface area contributed by atoms with E-state index in [1.807, 2.05) is 55.8 Å². The Balaban J connectivity index is 1.76. The second-order valence-electron chi connectivity index (χ2n) is 8.65. The van der Waals surface area contributed by atoms with E-state index in [4.69, 9.17) is 4.74 Å². The van der Waals surface area contributed by atoms with Gasteiger partial charge in [-0.15, -0.1) is 11.8 Å². The Morgan fingerprint density at radius 3 is 2.58 bits per heavy atom. The first-order valence-corrected chi connectivity index (χ1v) is 13.8. The van der Waals surface area contributed by atoms with Gasteiger partial charge in [-0.3, -0.25) is 9.36 Å². The number of fused-ring (bicyclic) bond motifs is 2. The number of ether oxygens (including phenoxy) is 1. The molecule has 5 rings (SSSR count). The fourth-order valence-electron chi connectivity index (χ4n) is 4.76. The number of thioether (sulfide) groups is 1. The van der Waals surface area contributed by atoms with Crippen LogP contribution in [-0.2, 0) is 16.6 Å². The molecule has 0 saturated heterocycles. The topological polar surface area (TPSA) is 65.6 Å². The molecule has 0 saturated carbocycles. The zero-order valence-corrected chi connectivity index (χ0v) is 22.5. The second kappa shape index (κ2) is 9.59. The molecule has 0 N–H and O–H groups in total. The van der Waals surface area contributed by atoms with Gasteiger partial charge in [0, 0.05) is 34.1 Å². The number of esters is 1. The number of aryl methyl sites for hydroxylation is 1. The van der Waals surface area contributed by atoms with Crippen LogP contribution in [0.1, 0.15) is 36.7 Å². The van der Waals surface area contributed by atoms with Gasteiger partial charge in [0.25, 0.3) is 5.56 Å². The van der Waals surface area contributed by atoms with E-state index in [-0.39, 0.29) is 12.2 Å². The summed E-state index contributed by atoms with van der Waals surface area (Å²) in [6, 6.07) is 15.5. The highest BCUT2D eigenvalue weighted by molar-refractivity contribution is 7.98. The van der Waals surface area contributed by atoms with E-state index in [1.54, 1.807) is 30.2 Å². The average Bonchev–Trinajstić information content (AvgIpc) is 3.32. The summed E-state index contributed by atoms with van der Waals surface area (Å²) in [7, 11) is 2.03. The van der Waals surface area contributed by atoms with Crippen LogP contribution in [0.25, 0.3) is 17.0 Å². The van der Waals surface area contributed by atoms with Gasteiger partial charge < -0.3 is 9.30 Å². The van der Waals surface area contributed by atoms with E-state index in [2.05, 4.69) is 28.6 Å². The Morgan fingerprint density at radius 1 is 1.17 bits per heavy atom. The first-order valence-electron chi connectivity index (χ1n) is 11.7. The predicted octanol–water partition coefficient (Wildman–Crippen LogP) is 4.32. The first kappa shape index (κ1) is 24.3. The Labute approximate surface area is 217 Å². The number of benzene rings is 2. The highest BCUT2D eigenvalue weighted by atomic mass is 32.2. The molecule has 1 atom stereocenters. The Kier molecular flexibility index (Phi) is 6.49. The molecule has 0 fully saturated rings. The number of aromatic nitrogens is 2. The zero-order chi connectivity index (χ0) is 25.6. The molecule has 4 aromatic rings. The van der Waals surface area contributed by atoms with Crippen molar-refractivity contribution in [1.29, 1.82) is 0 Å². The number of hydrogen-bond donors (Lipinski definition) is 0. The molecule has 6 nitrogen and oxygen atoms in total. The molecule has 2 aromatic carbocycles. The standard InChI is InChI=1S/C28H27N3O3S2/c1-6-34-27(33)24-16(2)29-28-31(25(24)18-11-13-19(35-5)14-12-18)26(32)23(36-28)15-21-17(3)30(4)22-10-8-7-9-20(21)22/h7-15,25H,6H2,1-5H3/b23-15-/t25-/m0/s1. The summed E-state index contributed by atoms with van der Waals surface area (Å²) in [4.78, 5) is 33.3. The lowest BCUT2D eigenvalue weighted by atomic mass is 9.96. The van der Waals surface area contributed by atoms with E-state index in [0.29, 0.717) is 20.6 Å². The summed E-state index contributed by atoms with van der Waals surface area (Å²) in [5.41, 5.74) is 4.85. The number of carbonyl (C=O) groups is 1. The van der Waals surface area contributed by atoms with Crippen LogP contribution >= 0.6 is 23.1 Å². The van der Waals surface area contributed by atoms with Gasteiger partial charge in [-0.1, -0.05) is 41.7 Å². The van der Waals surface area contributed by atoms with E-state index >= 15 is 0 Å². The fourth-order valence-corrected chi connectivity index (χ4v) is 6.19. The number of carbonyl (C=O) groups excluding carboxylic acids is 1. The number of allylic oxidation sites excluding steroid dienone is 1. The zero-order valence-electron chi connectivity index (χ0n) is 20.9. The molecule has 3 heterocycles. The Bertz CT molecular complexity index is 1710. The van der Waals surface area contributed by atoms with Crippen molar-refractivity contribution in [2.24, 2.45) is 12.0 Å². The SMILES string of the molecule is CCOC(=O)C1=C(C)N=c2s/c(=C\c3c(C)n(C)c4ccccc34)c(=O)n2[C@H]1c1ccc(SC)cc1. The Morgan fingerprint density at radius 2 is 1.89 bits per heavy atom. The van der Waals surface area contributed by atoms with Gasteiger partial charge in [0.2, 0.25) is 0 Å². The molecule has 1 aliphatic rings. The van der Waals surface area contributed by atoms with Crippen LogP contribution in [-0.4, -0.2) is 28.0 Å². The summed E-state index contributed by atoms with van der Waals surface area (Å²) in [6.07, 6.45) is 3.97. The van der Waals surface area contributed by atoms with Crippen LogP contribution in [0.4, 0.5) is 0 Å². The van der Waals surface area contributed by atoms with Crippen molar-refractivity contribution in [3.05, 3.63) is 96.3 Å². The number of para-hydroxylation sites is 1. The largest absolute Gasteiger partial charge is 0.463 e. The van der Waals surface area contributed by atoms with Crippen molar-refractivity contribution < 1.29 is 9.53 Å². The number of nitrogens with zero attached hydrogens (tertiary/aromatic N) is 3. The third-order valence-corrected chi connectivity index (χ3v) is 8.40. The number of thiazole rings is 1. The van der Waals surface area contributed by atoms with Gasteiger partial charge in [-0.2, -0.15) is 0 Å². The lowest BCUT2D eigenvalue weighted by Gasteiger charge is -2.24. The van der Waals surface area contributed by atoms with E-state index in [1.165, 1.54) is 11.3 Å². The third kappa shape index (κ3) is 3.94. The fraction of sp³-hybridized carbons (Fsp3) is 0.250. The quantitative estimate of drug-likeness (QED) is 0.292. The molecule has 8 heteroatoms. The van der Waals surface area contributed by atoms with Gasteiger partial charge in [-0.05, 0) is 56.9 Å². The van der Waals surface area contributed by atoms with Crippen molar-refractivity contribution in [2.75, 3.05) is 12.9 Å². The highest BCUT2D eigenvalue weighted by Gasteiger charge is 2.33. The van der Waals surface area contributed by atoms with E-state index in [9.17, 15) is 9.59 Å². The molecule has 184 valence electrons. The molecular formula is C28H27N3O3S2. The maximum Gasteiger partial charge on any atom is 0.338 e. The molecule has 36 heavy (non-hydrogen) atoms. The van der Waals surface area contributed by atoms with Crippen LogP contribution in [0.5, 0.6) is 0 Å². The van der Waals surface area contributed by atoms with Crippen molar-refractivity contribution in [3.63, 3.8) is 0 Å². The maximum absolute atomic E-state index is 13.9. The lowest BCUT2D eigenvalue weighted by Crippen LogP contribution is -2.39. The molecule has 0 bridgehead atoms. The monoisotopic (exact) mass is 517 g/mol. The van der Waals surface area contributed by atoms with Crippen LogP contribution in [0.15, 0.2) is 74.5 Å². The highest BCUT2D eigenvalue weighted by Crippen LogP contribution is 2.32. The maximum atomic E-state index is 13.9. The molecule has 1 aliphatic heterocycles. The summed E-state index contributed by atoms with van der Waals surface area (Å²) in [5.74, 6) is -0.447. The van der Waals surface area contributed by atoms with Gasteiger partial charge in [0.15, 0.2) is 4.80 Å². The number of rotatable bonds is 5. The number of hydrogen-bond acceptors (Lipinski definition) is 6. The minimum Gasteiger partial charge on any atom is -0.463 e. The summed E-state index contributed by atoms with van der Waals surface area (Å²) >= 11 is 2.99. The average molecular weight is 518 g/mol. The van der Waals surface area contributed by atoms with Crippen molar-refractivity contribution in [2.45, 2.75) is 31.7 Å².